The molecule has 2 aromatic rings. The van der Waals surface area contributed by atoms with Crippen LogP contribution >= 0.6 is 0 Å². The normalized spacial score (nSPS) is 22.1. The lowest BCUT2D eigenvalue weighted by molar-refractivity contribution is 0.0266. The molecule has 1 aromatic carbocycles. The van der Waals surface area contributed by atoms with Crippen molar-refractivity contribution in [2.24, 2.45) is 5.41 Å². The molecule has 1 spiro atoms. The molecule has 0 saturated carbocycles. The van der Waals surface area contributed by atoms with Gasteiger partial charge in [0, 0.05) is 43.6 Å². The van der Waals surface area contributed by atoms with Gasteiger partial charge in [-0.05, 0) is 98.4 Å². The summed E-state index contributed by atoms with van der Waals surface area (Å²) >= 11 is 0. The molecule has 5 nitrogen and oxygen atoms in total. The molecule has 3 aliphatic rings. The smallest absolute Gasteiger partial charge is 0.410 e. The number of aromatic nitrogens is 1. The number of rotatable bonds is 2. The third-order valence-electron chi connectivity index (χ3n) is 9.17. The minimum atomic E-state index is -0.445. The van der Waals surface area contributed by atoms with Gasteiger partial charge >= 0.3 is 6.09 Å². The zero-order valence-electron chi connectivity index (χ0n) is 24.0. The molecule has 0 atom stereocenters. The second-order valence-electron chi connectivity index (χ2n) is 14.1. The maximum absolute atomic E-state index is 12.6. The van der Waals surface area contributed by atoms with Crippen molar-refractivity contribution < 1.29 is 9.53 Å². The van der Waals surface area contributed by atoms with Gasteiger partial charge in [0.05, 0.1) is 5.69 Å². The Morgan fingerprint density at radius 3 is 2.19 bits per heavy atom. The van der Waals surface area contributed by atoms with E-state index in [0.29, 0.717) is 0 Å². The largest absolute Gasteiger partial charge is 0.444 e. The Kier molecular flexibility index (Phi) is 6.36. The van der Waals surface area contributed by atoms with Crippen LogP contribution in [-0.4, -0.2) is 47.8 Å². The van der Waals surface area contributed by atoms with Crippen LogP contribution in [-0.2, 0) is 15.6 Å². The SMILES string of the molecule is CC(C)(C)OC(=O)N1CCC2(CCN(c3ccnc(-c4ccc5c(c4)C(C)(C)CCC5(C)C)c3)CC2)C1. The Labute approximate surface area is 223 Å². The Balaban J connectivity index is 1.29. The van der Waals surface area contributed by atoms with Gasteiger partial charge in [0.25, 0.3) is 0 Å². The second kappa shape index (κ2) is 9.03. The van der Waals surface area contributed by atoms with E-state index in [1.54, 1.807) is 0 Å². The van der Waals surface area contributed by atoms with Gasteiger partial charge in [0.1, 0.15) is 5.60 Å². The molecule has 2 fully saturated rings. The number of piperidine rings is 1. The molecule has 0 bridgehead atoms. The zero-order chi connectivity index (χ0) is 26.6. The van der Waals surface area contributed by atoms with Crippen molar-refractivity contribution in [2.75, 3.05) is 31.1 Å². The van der Waals surface area contributed by atoms with E-state index in [0.717, 1.165) is 51.1 Å². The first-order valence-electron chi connectivity index (χ1n) is 14.1. The molecular formula is C32H45N3O2. The van der Waals surface area contributed by atoms with Crippen LogP contribution in [0.3, 0.4) is 0 Å². The van der Waals surface area contributed by atoms with Crippen molar-refractivity contribution in [3.63, 3.8) is 0 Å². The van der Waals surface area contributed by atoms with Crippen molar-refractivity contribution in [3.8, 4) is 11.3 Å². The van der Waals surface area contributed by atoms with E-state index >= 15 is 0 Å². The number of fused-ring (bicyclic) bond motifs is 1. The Morgan fingerprint density at radius 2 is 1.51 bits per heavy atom. The molecule has 2 saturated heterocycles. The molecule has 200 valence electrons. The Hall–Kier alpha value is -2.56. The van der Waals surface area contributed by atoms with Crippen LogP contribution in [0.25, 0.3) is 11.3 Å². The number of ether oxygens (including phenoxy) is 1. The third kappa shape index (κ3) is 5.24. The van der Waals surface area contributed by atoms with E-state index in [1.165, 1.54) is 35.2 Å². The van der Waals surface area contributed by atoms with E-state index in [-0.39, 0.29) is 22.3 Å². The molecule has 1 amide bonds. The summed E-state index contributed by atoms with van der Waals surface area (Å²) in [5.74, 6) is 0. The number of anilines is 1. The summed E-state index contributed by atoms with van der Waals surface area (Å²) in [5, 5.41) is 0. The van der Waals surface area contributed by atoms with Crippen molar-refractivity contribution in [2.45, 2.75) is 97.0 Å². The maximum Gasteiger partial charge on any atom is 0.410 e. The topological polar surface area (TPSA) is 45.7 Å². The van der Waals surface area contributed by atoms with Crippen LogP contribution < -0.4 is 4.90 Å². The van der Waals surface area contributed by atoms with Crippen molar-refractivity contribution >= 4 is 11.8 Å². The van der Waals surface area contributed by atoms with E-state index < -0.39 is 5.60 Å². The molecule has 5 rings (SSSR count). The number of hydrogen-bond acceptors (Lipinski definition) is 4. The number of carbonyl (C=O) groups is 1. The van der Waals surface area contributed by atoms with E-state index in [9.17, 15) is 4.79 Å². The molecular weight excluding hydrogens is 458 g/mol. The molecule has 0 radical (unpaired) electrons. The summed E-state index contributed by atoms with van der Waals surface area (Å²) in [7, 11) is 0. The number of benzene rings is 1. The van der Waals surface area contributed by atoms with E-state index in [1.807, 2.05) is 31.9 Å². The summed E-state index contributed by atoms with van der Waals surface area (Å²) in [6.45, 7) is 19.0. The molecule has 5 heteroatoms. The van der Waals surface area contributed by atoms with Gasteiger partial charge in [-0.25, -0.2) is 4.79 Å². The lowest BCUT2D eigenvalue weighted by atomic mass is 9.63. The van der Waals surface area contributed by atoms with Crippen LogP contribution in [0, 0.1) is 5.41 Å². The molecule has 3 heterocycles. The van der Waals surface area contributed by atoms with E-state index in [4.69, 9.17) is 9.72 Å². The number of pyridine rings is 1. The quantitative estimate of drug-likeness (QED) is 0.431. The summed E-state index contributed by atoms with van der Waals surface area (Å²) < 4.78 is 5.63. The summed E-state index contributed by atoms with van der Waals surface area (Å²) in [6, 6.07) is 11.4. The lowest BCUT2D eigenvalue weighted by Crippen LogP contribution is -2.43. The number of carbonyl (C=O) groups excluding carboxylic acids is 1. The minimum absolute atomic E-state index is 0.165. The summed E-state index contributed by atoms with van der Waals surface area (Å²) in [5.41, 5.74) is 6.67. The second-order valence-corrected chi connectivity index (χ2v) is 14.1. The predicted octanol–water partition coefficient (Wildman–Crippen LogP) is 7.33. The average Bonchev–Trinajstić information content (AvgIpc) is 3.25. The first-order chi connectivity index (χ1) is 17.3. The highest BCUT2D eigenvalue weighted by Crippen LogP contribution is 2.47. The van der Waals surface area contributed by atoms with Gasteiger partial charge < -0.3 is 14.5 Å². The van der Waals surface area contributed by atoms with Crippen LogP contribution in [0.4, 0.5) is 10.5 Å². The van der Waals surface area contributed by atoms with Gasteiger partial charge in [0.15, 0.2) is 0 Å². The van der Waals surface area contributed by atoms with Gasteiger partial charge in [0.2, 0.25) is 0 Å². The van der Waals surface area contributed by atoms with Gasteiger partial charge in [-0.15, -0.1) is 0 Å². The summed E-state index contributed by atoms with van der Waals surface area (Å²) in [4.78, 5) is 21.8. The van der Waals surface area contributed by atoms with Crippen molar-refractivity contribution in [1.29, 1.82) is 0 Å². The van der Waals surface area contributed by atoms with Crippen LogP contribution in [0.1, 0.15) is 91.7 Å². The highest BCUT2D eigenvalue weighted by Gasteiger charge is 2.43. The molecule has 2 aliphatic heterocycles. The molecule has 1 aliphatic carbocycles. The maximum atomic E-state index is 12.6. The van der Waals surface area contributed by atoms with E-state index in [2.05, 4.69) is 62.9 Å². The fourth-order valence-corrected chi connectivity index (χ4v) is 6.59. The first-order valence-corrected chi connectivity index (χ1v) is 14.1. The van der Waals surface area contributed by atoms with Gasteiger partial charge in [-0.2, -0.15) is 0 Å². The fraction of sp³-hybridized carbons (Fsp3) is 0.625. The standard InChI is InChI=1S/C32H45N3O2/c1-29(2,3)37-28(36)35-19-15-32(22-35)13-17-34(18-14-32)24-10-16-33-27(21-24)23-8-9-25-26(20-23)31(6,7)12-11-30(25,4)5/h8-10,16,20-21H,11-15,17-19,22H2,1-7H3. The van der Waals surface area contributed by atoms with Gasteiger partial charge in [-0.3, -0.25) is 4.98 Å². The average molecular weight is 504 g/mol. The molecule has 0 N–H and O–H groups in total. The molecule has 37 heavy (non-hydrogen) atoms. The van der Waals surface area contributed by atoms with Crippen molar-refractivity contribution in [1.82, 2.24) is 9.88 Å². The molecule has 1 aromatic heterocycles. The summed E-state index contributed by atoms with van der Waals surface area (Å²) in [6.07, 6.45) is 7.52. The number of hydrogen-bond donors (Lipinski definition) is 0. The van der Waals surface area contributed by atoms with Crippen LogP contribution in [0.2, 0.25) is 0 Å². The Morgan fingerprint density at radius 1 is 0.865 bits per heavy atom. The van der Waals surface area contributed by atoms with Gasteiger partial charge in [-0.1, -0.05) is 39.8 Å². The lowest BCUT2D eigenvalue weighted by Gasteiger charge is -2.42. The highest BCUT2D eigenvalue weighted by molar-refractivity contribution is 5.69. The highest BCUT2D eigenvalue weighted by atomic mass is 16.6. The number of nitrogens with zero attached hydrogens (tertiary/aromatic N) is 3. The fourth-order valence-electron chi connectivity index (χ4n) is 6.59. The predicted molar refractivity (Wildman–Crippen MR) is 151 cm³/mol. The minimum Gasteiger partial charge on any atom is -0.444 e. The van der Waals surface area contributed by atoms with Crippen LogP contribution in [0.15, 0.2) is 36.5 Å². The monoisotopic (exact) mass is 503 g/mol. The Bertz CT molecular complexity index is 1170. The zero-order valence-corrected chi connectivity index (χ0v) is 24.0. The first kappa shape index (κ1) is 26.1. The third-order valence-corrected chi connectivity index (χ3v) is 9.17. The van der Waals surface area contributed by atoms with Crippen molar-refractivity contribution in [3.05, 3.63) is 47.7 Å². The number of likely N-dealkylation sites (tertiary alicyclic amines) is 1. The molecule has 0 unspecified atom stereocenters. The van der Waals surface area contributed by atoms with Crippen LogP contribution in [0.5, 0.6) is 0 Å². The number of amides is 1.